The molecular weight excluding hydrogens is 406 g/mol. The highest BCUT2D eigenvalue weighted by Gasteiger charge is 2.10. The summed E-state index contributed by atoms with van der Waals surface area (Å²) in [5.74, 6) is 0.732. The van der Waals surface area contributed by atoms with Gasteiger partial charge in [0.05, 0.1) is 5.39 Å². The Morgan fingerprint density at radius 2 is 1.65 bits per heavy atom. The van der Waals surface area contributed by atoms with Crippen molar-refractivity contribution in [3.63, 3.8) is 0 Å². The number of halogens is 1. The lowest BCUT2D eigenvalue weighted by atomic mass is 10.1. The molecule has 3 aromatic carbocycles. The summed E-state index contributed by atoms with van der Waals surface area (Å²) in [6.45, 7) is 0.792. The van der Waals surface area contributed by atoms with E-state index in [1.165, 1.54) is 5.56 Å². The molecule has 31 heavy (non-hydrogen) atoms. The molecule has 6 heteroatoms. The van der Waals surface area contributed by atoms with Crippen molar-refractivity contribution < 1.29 is 0 Å². The zero-order valence-corrected chi connectivity index (χ0v) is 17.4. The van der Waals surface area contributed by atoms with E-state index in [4.69, 9.17) is 11.6 Å². The lowest BCUT2D eigenvalue weighted by Crippen LogP contribution is -1.98. The third-order valence-electron chi connectivity index (χ3n) is 5.05. The largest absolute Gasteiger partial charge is 0.381 e. The summed E-state index contributed by atoms with van der Waals surface area (Å²) in [4.78, 5) is 12.2. The molecule has 0 saturated heterocycles. The average molecular weight is 426 g/mol. The second-order valence-corrected chi connectivity index (χ2v) is 7.66. The molecule has 0 atom stereocenters. The van der Waals surface area contributed by atoms with Crippen LogP contribution in [0, 0.1) is 0 Å². The van der Waals surface area contributed by atoms with Crippen LogP contribution in [-0.4, -0.2) is 15.0 Å². The number of hydrogen-bond donors (Lipinski definition) is 3. The van der Waals surface area contributed by atoms with E-state index in [0.717, 1.165) is 46.0 Å². The first-order valence-corrected chi connectivity index (χ1v) is 10.4. The van der Waals surface area contributed by atoms with Gasteiger partial charge in [-0.25, -0.2) is 9.97 Å². The first kappa shape index (κ1) is 19.2. The van der Waals surface area contributed by atoms with E-state index in [2.05, 4.69) is 80.2 Å². The molecule has 0 unspecified atom stereocenters. The summed E-state index contributed by atoms with van der Waals surface area (Å²) in [6, 6.07) is 28.3. The molecule has 5 aromatic rings. The second kappa shape index (κ2) is 8.50. The maximum atomic E-state index is 6.10. The van der Waals surface area contributed by atoms with Crippen molar-refractivity contribution in [2.24, 2.45) is 0 Å². The smallest absolute Gasteiger partial charge is 0.143 e. The van der Waals surface area contributed by atoms with Crippen LogP contribution in [0.25, 0.3) is 22.3 Å². The van der Waals surface area contributed by atoms with Gasteiger partial charge in [0.25, 0.3) is 0 Å². The van der Waals surface area contributed by atoms with Crippen molar-refractivity contribution >= 4 is 39.8 Å². The fraction of sp³-hybridized carbons (Fsp3) is 0.0400. The molecule has 0 aliphatic carbocycles. The van der Waals surface area contributed by atoms with Crippen LogP contribution in [0.5, 0.6) is 0 Å². The zero-order chi connectivity index (χ0) is 21.0. The second-order valence-electron chi connectivity index (χ2n) is 7.22. The Labute approximate surface area is 185 Å². The molecule has 0 radical (unpaired) electrons. The molecule has 5 rings (SSSR count). The average Bonchev–Trinajstić information content (AvgIpc) is 3.24. The monoisotopic (exact) mass is 425 g/mol. The van der Waals surface area contributed by atoms with E-state index in [9.17, 15) is 0 Å². The first-order chi connectivity index (χ1) is 15.2. The molecule has 0 amide bonds. The van der Waals surface area contributed by atoms with Gasteiger partial charge in [0.1, 0.15) is 17.8 Å². The molecule has 2 aromatic heterocycles. The van der Waals surface area contributed by atoms with E-state index in [1.54, 1.807) is 6.33 Å². The Bertz CT molecular complexity index is 1310. The molecule has 0 fully saturated rings. The maximum Gasteiger partial charge on any atom is 0.143 e. The van der Waals surface area contributed by atoms with E-state index in [-0.39, 0.29) is 0 Å². The Morgan fingerprint density at radius 1 is 0.806 bits per heavy atom. The molecular formula is C25H20ClN5. The van der Waals surface area contributed by atoms with Gasteiger partial charge in [-0.2, -0.15) is 0 Å². The van der Waals surface area contributed by atoms with E-state index >= 15 is 0 Å². The van der Waals surface area contributed by atoms with Gasteiger partial charge < -0.3 is 15.6 Å². The van der Waals surface area contributed by atoms with Crippen LogP contribution in [0.1, 0.15) is 5.56 Å². The van der Waals surface area contributed by atoms with Gasteiger partial charge in [0.2, 0.25) is 0 Å². The summed E-state index contributed by atoms with van der Waals surface area (Å²) >= 11 is 6.10. The summed E-state index contributed by atoms with van der Waals surface area (Å²) < 4.78 is 0. The first-order valence-electron chi connectivity index (χ1n) is 9.99. The number of H-pyrrole nitrogens is 1. The summed E-state index contributed by atoms with van der Waals surface area (Å²) in [5.41, 5.74) is 6.05. The van der Waals surface area contributed by atoms with Crippen molar-refractivity contribution in [1.29, 1.82) is 0 Å². The molecule has 3 N–H and O–H groups in total. The van der Waals surface area contributed by atoms with Crippen molar-refractivity contribution in [3.05, 3.63) is 102 Å². The minimum atomic E-state index is 0.672. The lowest BCUT2D eigenvalue weighted by molar-refractivity contribution is 1.15. The van der Waals surface area contributed by atoms with Crippen molar-refractivity contribution in [3.8, 4) is 11.3 Å². The van der Waals surface area contributed by atoms with Gasteiger partial charge in [0, 0.05) is 28.6 Å². The number of aromatic amines is 1. The Kier molecular flexibility index (Phi) is 5.25. The number of nitrogens with zero attached hydrogens (tertiary/aromatic N) is 2. The molecule has 2 heterocycles. The third kappa shape index (κ3) is 4.37. The number of benzene rings is 3. The summed E-state index contributed by atoms with van der Waals surface area (Å²) in [7, 11) is 0. The van der Waals surface area contributed by atoms with Crippen LogP contribution in [0.15, 0.2) is 91.3 Å². The SMILES string of the molecule is Clc1cccc(Nc2ncnc3[nH]c(-c4ccc(NCc5ccccc5)cc4)cc23)c1. The number of hydrogen-bond acceptors (Lipinski definition) is 4. The van der Waals surface area contributed by atoms with Gasteiger partial charge in [0.15, 0.2) is 0 Å². The molecule has 0 spiro atoms. The number of anilines is 3. The predicted octanol–water partition coefficient (Wildman–Crippen LogP) is 6.63. The van der Waals surface area contributed by atoms with Crippen LogP contribution < -0.4 is 10.6 Å². The minimum Gasteiger partial charge on any atom is -0.381 e. The molecule has 0 saturated carbocycles. The van der Waals surface area contributed by atoms with Crippen molar-refractivity contribution in [2.75, 3.05) is 10.6 Å². The Morgan fingerprint density at radius 3 is 2.45 bits per heavy atom. The van der Waals surface area contributed by atoms with E-state index in [0.29, 0.717) is 5.02 Å². The highest BCUT2D eigenvalue weighted by molar-refractivity contribution is 6.30. The van der Waals surface area contributed by atoms with Crippen LogP contribution >= 0.6 is 11.6 Å². The van der Waals surface area contributed by atoms with Gasteiger partial charge in [-0.1, -0.05) is 60.1 Å². The van der Waals surface area contributed by atoms with Crippen molar-refractivity contribution in [2.45, 2.75) is 6.54 Å². The highest BCUT2D eigenvalue weighted by Crippen LogP contribution is 2.29. The van der Waals surface area contributed by atoms with Crippen molar-refractivity contribution in [1.82, 2.24) is 15.0 Å². The zero-order valence-electron chi connectivity index (χ0n) is 16.6. The maximum absolute atomic E-state index is 6.10. The van der Waals surface area contributed by atoms with E-state index < -0.39 is 0 Å². The quantitative estimate of drug-likeness (QED) is 0.285. The van der Waals surface area contributed by atoms with Crippen LogP contribution in [0.2, 0.25) is 5.02 Å². The van der Waals surface area contributed by atoms with Gasteiger partial charge in [-0.3, -0.25) is 0 Å². The lowest BCUT2D eigenvalue weighted by Gasteiger charge is -2.07. The molecule has 0 bridgehead atoms. The Balaban J connectivity index is 1.36. The molecule has 152 valence electrons. The van der Waals surface area contributed by atoms with Gasteiger partial charge in [-0.05, 0) is 47.5 Å². The number of aromatic nitrogens is 3. The molecule has 0 aliphatic heterocycles. The summed E-state index contributed by atoms with van der Waals surface area (Å²) in [5, 5.41) is 8.37. The minimum absolute atomic E-state index is 0.672. The Hall–Kier alpha value is -3.83. The number of nitrogens with one attached hydrogen (secondary N) is 3. The van der Waals surface area contributed by atoms with Gasteiger partial charge in [-0.15, -0.1) is 0 Å². The fourth-order valence-corrected chi connectivity index (χ4v) is 3.66. The topological polar surface area (TPSA) is 65.6 Å². The third-order valence-corrected chi connectivity index (χ3v) is 5.28. The van der Waals surface area contributed by atoms with Crippen LogP contribution in [0.4, 0.5) is 17.2 Å². The van der Waals surface area contributed by atoms with E-state index in [1.807, 2.05) is 30.3 Å². The predicted molar refractivity (Wildman–Crippen MR) is 128 cm³/mol. The number of rotatable bonds is 6. The summed E-state index contributed by atoms with van der Waals surface area (Å²) in [6.07, 6.45) is 1.55. The highest BCUT2D eigenvalue weighted by atomic mass is 35.5. The van der Waals surface area contributed by atoms with Gasteiger partial charge >= 0.3 is 0 Å². The molecule has 5 nitrogen and oxygen atoms in total. The van der Waals surface area contributed by atoms with Crippen LogP contribution in [0.3, 0.4) is 0 Å². The standard InChI is InChI=1S/C25H20ClN5/c26-19-7-4-8-21(13-19)30-24-22-14-23(31-25(22)29-16-28-24)18-9-11-20(12-10-18)27-15-17-5-2-1-3-6-17/h1-14,16,27H,15H2,(H2,28,29,30,31). The molecule has 0 aliphatic rings. The fourth-order valence-electron chi connectivity index (χ4n) is 3.47. The number of fused-ring (bicyclic) bond motifs is 1. The normalized spacial score (nSPS) is 10.9. The van der Waals surface area contributed by atoms with Crippen LogP contribution in [-0.2, 0) is 6.54 Å².